The maximum atomic E-state index is 11.0. The zero-order valence-electron chi connectivity index (χ0n) is 10.7. The van der Waals surface area contributed by atoms with E-state index < -0.39 is 11.2 Å². The minimum absolute atomic E-state index is 0.102. The fraction of sp³-hybridized carbons (Fsp3) is 0.462. The van der Waals surface area contributed by atoms with Crippen molar-refractivity contribution in [2.45, 2.75) is 19.1 Å². The molecule has 0 amide bonds. The van der Waals surface area contributed by atoms with Crippen LogP contribution in [-0.2, 0) is 4.79 Å². The SMILES string of the molecule is CC(C)C(SCCOc1ccc(Cl)cc1Br)C(=O)O. The summed E-state index contributed by atoms with van der Waals surface area (Å²) < 4.78 is 6.38. The molecule has 0 aromatic heterocycles. The molecule has 6 heteroatoms. The Balaban J connectivity index is 2.40. The molecule has 0 aliphatic heterocycles. The van der Waals surface area contributed by atoms with E-state index in [2.05, 4.69) is 15.9 Å². The van der Waals surface area contributed by atoms with E-state index in [1.54, 1.807) is 18.2 Å². The van der Waals surface area contributed by atoms with Crippen molar-refractivity contribution in [3.63, 3.8) is 0 Å². The van der Waals surface area contributed by atoms with Gasteiger partial charge in [-0.2, -0.15) is 0 Å². The average molecular weight is 368 g/mol. The van der Waals surface area contributed by atoms with Gasteiger partial charge in [0.1, 0.15) is 11.0 Å². The topological polar surface area (TPSA) is 46.5 Å². The van der Waals surface area contributed by atoms with Gasteiger partial charge in [0.25, 0.3) is 0 Å². The van der Waals surface area contributed by atoms with E-state index in [1.807, 2.05) is 13.8 Å². The van der Waals surface area contributed by atoms with Gasteiger partial charge in [-0.1, -0.05) is 25.4 Å². The second-order valence-corrected chi connectivity index (χ2v) is 6.84. The summed E-state index contributed by atoms with van der Waals surface area (Å²) in [7, 11) is 0. The first-order valence-electron chi connectivity index (χ1n) is 5.84. The number of hydrogen-bond donors (Lipinski definition) is 1. The van der Waals surface area contributed by atoms with Gasteiger partial charge in [0.05, 0.1) is 11.1 Å². The summed E-state index contributed by atoms with van der Waals surface area (Å²) in [4.78, 5) is 11.0. The van der Waals surface area contributed by atoms with Crippen molar-refractivity contribution < 1.29 is 14.6 Å². The van der Waals surface area contributed by atoms with E-state index in [0.29, 0.717) is 23.1 Å². The van der Waals surface area contributed by atoms with E-state index in [9.17, 15) is 4.79 Å². The molecule has 0 aliphatic rings. The van der Waals surface area contributed by atoms with Crippen LogP contribution in [0, 0.1) is 5.92 Å². The van der Waals surface area contributed by atoms with E-state index in [0.717, 1.165) is 4.47 Å². The number of rotatable bonds is 7. The van der Waals surface area contributed by atoms with Crippen LogP contribution < -0.4 is 4.74 Å². The molecule has 1 atom stereocenters. The second-order valence-electron chi connectivity index (χ2n) is 4.30. The number of carboxylic acids is 1. The molecular formula is C13H16BrClO3S. The molecule has 19 heavy (non-hydrogen) atoms. The van der Waals surface area contributed by atoms with Gasteiger partial charge in [0, 0.05) is 10.8 Å². The van der Waals surface area contributed by atoms with E-state index in [1.165, 1.54) is 11.8 Å². The lowest BCUT2D eigenvalue weighted by Crippen LogP contribution is -2.23. The molecular weight excluding hydrogens is 352 g/mol. The molecule has 3 nitrogen and oxygen atoms in total. The largest absolute Gasteiger partial charge is 0.492 e. The highest BCUT2D eigenvalue weighted by Crippen LogP contribution is 2.28. The summed E-state index contributed by atoms with van der Waals surface area (Å²) >= 11 is 10.6. The van der Waals surface area contributed by atoms with Crippen LogP contribution in [0.1, 0.15) is 13.8 Å². The molecule has 0 spiro atoms. The Bertz CT molecular complexity index is 440. The van der Waals surface area contributed by atoms with Crippen LogP contribution in [0.25, 0.3) is 0 Å². The number of halogens is 2. The lowest BCUT2D eigenvalue weighted by molar-refractivity contribution is -0.137. The van der Waals surface area contributed by atoms with Gasteiger partial charge in [-0.15, -0.1) is 11.8 Å². The van der Waals surface area contributed by atoms with Gasteiger partial charge in [-0.05, 0) is 40.0 Å². The van der Waals surface area contributed by atoms with Crippen molar-refractivity contribution in [1.82, 2.24) is 0 Å². The second kappa shape index (κ2) is 8.02. The molecule has 0 saturated heterocycles. The Morgan fingerprint density at radius 3 is 2.74 bits per heavy atom. The average Bonchev–Trinajstić information content (AvgIpc) is 2.30. The number of aliphatic carboxylic acids is 1. The fourth-order valence-corrected chi connectivity index (χ4v) is 3.23. The fourth-order valence-electron chi connectivity index (χ4n) is 1.47. The van der Waals surface area contributed by atoms with Crippen molar-refractivity contribution in [3.05, 3.63) is 27.7 Å². The van der Waals surface area contributed by atoms with E-state index >= 15 is 0 Å². The predicted octanol–water partition coefficient (Wildman–Crippen LogP) is 4.32. The number of hydrogen-bond acceptors (Lipinski definition) is 3. The molecule has 1 rings (SSSR count). The van der Waals surface area contributed by atoms with Gasteiger partial charge >= 0.3 is 5.97 Å². The Labute approximate surface area is 130 Å². The predicted molar refractivity (Wildman–Crippen MR) is 83.4 cm³/mol. The minimum Gasteiger partial charge on any atom is -0.492 e. The van der Waals surface area contributed by atoms with Crippen molar-refractivity contribution >= 4 is 45.3 Å². The van der Waals surface area contributed by atoms with Crippen LogP contribution in [0.4, 0.5) is 0 Å². The van der Waals surface area contributed by atoms with Crippen LogP contribution in [0.5, 0.6) is 5.75 Å². The van der Waals surface area contributed by atoms with Crippen molar-refractivity contribution in [3.8, 4) is 5.75 Å². The number of ether oxygens (including phenoxy) is 1. The highest BCUT2D eigenvalue weighted by Gasteiger charge is 2.21. The summed E-state index contributed by atoms with van der Waals surface area (Å²) in [6.07, 6.45) is 0. The molecule has 0 radical (unpaired) electrons. The summed E-state index contributed by atoms with van der Waals surface area (Å²) in [6, 6.07) is 5.30. The van der Waals surface area contributed by atoms with Crippen LogP contribution in [0.3, 0.4) is 0 Å². The maximum Gasteiger partial charge on any atom is 0.316 e. The van der Waals surface area contributed by atoms with Crippen molar-refractivity contribution in [2.75, 3.05) is 12.4 Å². The van der Waals surface area contributed by atoms with Gasteiger partial charge < -0.3 is 9.84 Å². The molecule has 0 bridgehead atoms. The third-order valence-electron chi connectivity index (χ3n) is 2.38. The monoisotopic (exact) mass is 366 g/mol. The summed E-state index contributed by atoms with van der Waals surface area (Å²) in [5.74, 6) is 0.670. The van der Waals surface area contributed by atoms with Gasteiger partial charge in [0.15, 0.2) is 0 Å². The third-order valence-corrected chi connectivity index (χ3v) is 4.74. The summed E-state index contributed by atoms with van der Waals surface area (Å²) in [5, 5.41) is 9.30. The molecule has 0 heterocycles. The molecule has 1 aromatic rings. The first-order valence-corrected chi connectivity index (χ1v) is 8.06. The third kappa shape index (κ3) is 5.63. The Morgan fingerprint density at radius 2 is 2.21 bits per heavy atom. The minimum atomic E-state index is -0.771. The quantitative estimate of drug-likeness (QED) is 0.729. The maximum absolute atomic E-state index is 11.0. The molecule has 1 aromatic carbocycles. The van der Waals surface area contributed by atoms with E-state index in [-0.39, 0.29) is 5.92 Å². The van der Waals surface area contributed by atoms with Gasteiger partial charge in [-0.3, -0.25) is 4.79 Å². The lowest BCUT2D eigenvalue weighted by atomic mass is 10.1. The molecule has 106 valence electrons. The highest BCUT2D eigenvalue weighted by molar-refractivity contribution is 9.10. The zero-order chi connectivity index (χ0) is 14.4. The Morgan fingerprint density at radius 1 is 1.53 bits per heavy atom. The summed E-state index contributed by atoms with van der Waals surface area (Å²) in [6.45, 7) is 4.27. The number of carboxylic acid groups (broad SMARTS) is 1. The first-order chi connectivity index (χ1) is 8.91. The molecule has 1 N–H and O–H groups in total. The standard InChI is InChI=1S/C13H16BrClO3S/c1-8(2)12(13(16)17)19-6-5-18-11-4-3-9(15)7-10(11)14/h3-4,7-8,12H,5-6H2,1-2H3,(H,16,17). The summed E-state index contributed by atoms with van der Waals surface area (Å²) in [5.41, 5.74) is 0. The number of carbonyl (C=O) groups is 1. The van der Waals surface area contributed by atoms with Crippen molar-refractivity contribution in [1.29, 1.82) is 0 Å². The van der Waals surface area contributed by atoms with Crippen molar-refractivity contribution in [2.24, 2.45) is 5.92 Å². The van der Waals surface area contributed by atoms with Crippen LogP contribution in [0.15, 0.2) is 22.7 Å². The lowest BCUT2D eigenvalue weighted by Gasteiger charge is -2.16. The van der Waals surface area contributed by atoms with Crippen LogP contribution in [0.2, 0.25) is 5.02 Å². The first kappa shape index (κ1) is 16.7. The zero-order valence-corrected chi connectivity index (χ0v) is 13.9. The Hall–Kier alpha value is -0.390. The number of thioether (sulfide) groups is 1. The molecule has 0 fully saturated rings. The molecule has 0 saturated carbocycles. The Kier molecular flexibility index (Phi) is 7.04. The smallest absolute Gasteiger partial charge is 0.316 e. The van der Waals surface area contributed by atoms with Crippen LogP contribution in [-0.4, -0.2) is 28.7 Å². The molecule has 1 unspecified atom stereocenters. The highest BCUT2D eigenvalue weighted by atomic mass is 79.9. The van der Waals surface area contributed by atoms with Gasteiger partial charge in [-0.25, -0.2) is 0 Å². The van der Waals surface area contributed by atoms with Gasteiger partial charge in [0.2, 0.25) is 0 Å². The normalized spacial score (nSPS) is 12.5. The van der Waals surface area contributed by atoms with Crippen LogP contribution >= 0.6 is 39.3 Å². The number of benzene rings is 1. The molecule has 0 aliphatic carbocycles. The van der Waals surface area contributed by atoms with E-state index in [4.69, 9.17) is 21.4 Å².